The van der Waals surface area contributed by atoms with Gasteiger partial charge in [-0.2, -0.15) is 26.3 Å². The molecule has 0 bridgehead atoms. The molecule has 168 valence electrons. The van der Waals surface area contributed by atoms with Crippen molar-refractivity contribution in [2.75, 3.05) is 0 Å². The summed E-state index contributed by atoms with van der Waals surface area (Å²) >= 11 is 0. The van der Waals surface area contributed by atoms with Crippen LogP contribution in [0.5, 0.6) is 11.5 Å². The first kappa shape index (κ1) is 23.9. The summed E-state index contributed by atoms with van der Waals surface area (Å²) in [4.78, 5) is 27.0. The Labute approximate surface area is 170 Å². The van der Waals surface area contributed by atoms with Gasteiger partial charge in [0.25, 0.3) is 5.91 Å². The average molecular weight is 451 g/mol. The van der Waals surface area contributed by atoms with Gasteiger partial charge in [-0.1, -0.05) is 0 Å². The van der Waals surface area contributed by atoms with Crippen molar-refractivity contribution < 1.29 is 45.8 Å². The summed E-state index contributed by atoms with van der Waals surface area (Å²) in [5, 5.41) is 12.0. The molecule has 2 amide bonds. The Morgan fingerprint density at radius 1 is 1.13 bits per heavy atom. The van der Waals surface area contributed by atoms with Crippen molar-refractivity contribution in [1.29, 1.82) is 0 Å². The molecule has 13 heteroatoms. The SMILES string of the molecule is C[C@H](N)C(=O)NC(=O)c1nccc(OCc2cc(C(F)(F)F)cc(C(F)(F)F)c2)c1O. The van der Waals surface area contributed by atoms with Gasteiger partial charge in [-0.15, -0.1) is 0 Å². The highest BCUT2D eigenvalue weighted by Gasteiger charge is 2.37. The molecular formula is C18H15F6N3O4. The van der Waals surface area contributed by atoms with Gasteiger partial charge < -0.3 is 15.6 Å². The third-order valence-corrected chi connectivity index (χ3v) is 3.79. The zero-order valence-electron chi connectivity index (χ0n) is 15.6. The fraction of sp³-hybridized carbons (Fsp3) is 0.278. The first-order valence-corrected chi connectivity index (χ1v) is 8.40. The average Bonchev–Trinajstić information content (AvgIpc) is 2.65. The molecule has 1 heterocycles. The van der Waals surface area contributed by atoms with E-state index in [1.165, 1.54) is 6.92 Å². The van der Waals surface area contributed by atoms with Crippen LogP contribution in [0.2, 0.25) is 0 Å². The van der Waals surface area contributed by atoms with Gasteiger partial charge in [-0.05, 0) is 30.7 Å². The number of nitrogens with two attached hydrogens (primary N) is 1. The molecule has 1 atom stereocenters. The fourth-order valence-corrected chi connectivity index (χ4v) is 2.27. The summed E-state index contributed by atoms with van der Waals surface area (Å²) in [5.74, 6) is -3.34. The Kier molecular flexibility index (Phi) is 6.79. The Morgan fingerprint density at radius 3 is 2.16 bits per heavy atom. The number of hydrogen-bond acceptors (Lipinski definition) is 6. The molecule has 0 saturated heterocycles. The Bertz CT molecular complexity index is 957. The topological polar surface area (TPSA) is 115 Å². The first-order valence-electron chi connectivity index (χ1n) is 8.40. The largest absolute Gasteiger partial charge is 0.503 e. The zero-order valence-corrected chi connectivity index (χ0v) is 15.6. The molecule has 2 rings (SSSR count). The quantitative estimate of drug-likeness (QED) is 0.603. The first-order chi connectivity index (χ1) is 14.2. The summed E-state index contributed by atoms with van der Waals surface area (Å²) in [6, 6.07) is 0.864. The minimum absolute atomic E-state index is 0.0364. The minimum atomic E-state index is -5.03. The Hall–Kier alpha value is -3.35. The molecule has 0 aliphatic carbocycles. The second kappa shape index (κ2) is 8.79. The predicted molar refractivity (Wildman–Crippen MR) is 92.8 cm³/mol. The molecule has 2 aromatic rings. The second-order valence-corrected chi connectivity index (χ2v) is 6.32. The maximum Gasteiger partial charge on any atom is 0.416 e. The number of amides is 2. The summed E-state index contributed by atoms with van der Waals surface area (Å²) in [7, 11) is 0. The third-order valence-electron chi connectivity index (χ3n) is 3.79. The molecular weight excluding hydrogens is 436 g/mol. The minimum Gasteiger partial charge on any atom is -0.503 e. The number of aromatic nitrogens is 1. The van der Waals surface area contributed by atoms with Crippen LogP contribution >= 0.6 is 0 Å². The lowest BCUT2D eigenvalue weighted by molar-refractivity contribution is -0.143. The summed E-state index contributed by atoms with van der Waals surface area (Å²) in [5.41, 5.74) is 1.08. The predicted octanol–water partition coefficient (Wildman–Crippen LogP) is 3.01. The lowest BCUT2D eigenvalue weighted by atomic mass is 10.1. The molecule has 0 saturated carbocycles. The molecule has 0 fully saturated rings. The lowest BCUT2D eigenvalue weighted by Gasteiger charge is -2.15. The number of pyridine rings is 1. The molecule has 0 spiro atoms. The fourth-order valence-electron chi connectivity index (χ4n) is 2.27. The van der Waals surface area contributed by atoms with Crippen LogP contribution in [0.25, 0.3) is 0 Å². The summed E-state index contributed by atoms with van der Waals surface area (Å²) in [6.07, 6.45) is -9.09. The number of carbonyl (C=O) groups excluding carboxylic acids is 2. The van der Waals surface area contributed by atoms with E-state index in [0.717, 1.165) is 12.3 Å². The number of ether oxygens (including phenoxy) is 1. The number of nitrogens with one attached hydrogen (secondary N) is 1. The molecule has 1 aromatic carbocycles. The molecule has 4 N–H and O–H groups in total. The van der Waals surface area contributed by atoms with Gasteiger partial charge in [0.1, 0.15) is 6.61 Å². The van der Waals surface area contributed by atoms with Crippen LogP contribution in [0.15, 0.2) is 30.5 Å². The molecule has 0 aliphatic rings. The summed E-state index contributed by atoms with van der Waals surface area (Å²) < 4.78 is 82.7. The van der Waals surface area contributed by atoms with E-state index in [-0.39, 0.29) is 6.07 Å². The normalized spacial score (nSPS) is 12.9. The number of benzene rings is 1. The van der Waals surface area contributed by atoms with E-state index in [2.05, 4.69) is 4.98 Å². The van der Waals surface area contributed by atoms with Gasteiger partial charge in [0.15, 0.2) is 17.2 Å². The van der Waals surface area contributed by atoms with E-state index >= 15 is 0 Å². The smallest absolute Gasteiger partial charge is 0.416 e. The van der Waals surface area contributed by atoms with Crippen molar-refractivity contribution in [3.63, 3.8) is 0 Å². The number of imide groups is 1. The van der Waals surface area contributed by atoms with E-state index in [9.17, 15) is 41.0 Å². The molecule has 0 radical (unpaired) electrons. The van der Waals surface area contributed by atoms with Crippen LogP contribution in [0, 0.1) is 0 Å². The number of hydrogen-bond donors (Lipinski definition) is 3. The zero-order chi connectivity index (χ0) is 23.6. The maximum absolute atomic E-state index is 12.9. The third kappa shape index (κ3) is 6.07. The van der Waals surface area contributed by atoms with Crippen molar-refractivity contribution in [3.05, 3.63) is 52.8 Å². The molecule has 7 nitrogen and oxygen atoms in total. The number of carbonyl (C=O) groups is 2. The van der Waals surface area contributed by atoms with E-state index in [4.69, 9.17) is 10.5 Å². The van der Waals surface area contributed by atoms with E-state index in [1.807, 2.05) is 5.32 Å². The second-order valence-electron chi connectivity index (χ2n) is 6.32. The number of halogens is 6. The van der Waals surface area contributed by atoms with Gasteiger partial charge in [-0.25, -0.2) is 4.98 Å². The lowest BCUT2D eigenvalue weighted by Crippen LogP contribution is -2.41. The Balaban J connectivity index is 2.29. The molecule has 0 unspecified atom stereocenters. The van der Waals surface area contributed by atoms with Gasteiger partial charge >= 0.3 is 12.4 Å². The van der Waals surface area contributed by atoms with Crippen LogP contribution < -0.4 is 15.8 Å². The number of aromatic hydroxyl groups is 1. The van der Waals surface area contributed by atoms with Gasteiger partial charge in [0, 0.05) is 12.3 Å². The standard InChI is InChI=1S/C18H15F6N3O4/c1-8(25)15(29)27-16(30)13-14(28)12(2-3-26-13)31-7-9-4-10(17(19,20)21)6-11(5-9)18(22,23)24/h2-6,8,28H,7,25H2,1H3,(H,27,29,30)/t8-/m0/s1. The summed E-state index contributed by atoms with van der Waals surface area (Å²) in [6.45, 7) is 0.490. The number of rotatable bonds is 5. The van der Waals surface area contributed by atoms with Crippen LogP contribution in [0.3, 0.4) is 0 Å². The Morgan fingerprint density at radius 2 is 1.68 bits per heavy atom. The van der Waals surface area contributed by atoms with Gasteiger partial charge in [0.2, 0.25) is 5.91 Å². The van der Waals surface area contributed by atoms with Crippen molar-refractivity contribution in [1.82, 2.24) is 10.3 Å². The van der Waals surface area contributed by atoms with E-state index in [1.54, 1.807) is 0 Å². The maximum atomic E-state index is 12.9. The molecule has 1 aromatic heterocycles. The van der Waals surface area contributed by atoms with Crippen LogP contribution in [0.4, 0.5) is 26.3 Å². The van der Waals surface area contributed by atoms with Gasteiger partial charge in [-0.3, -0.25) is 14.9 Å². The van der Waals surface area contributed by atoms with Crippen LogP contribution in [-0.2, 0) is 23.8 Å². The van der Waals surface area contributed by atoms with Crippen molar-refractivity contribution >= 4 is 11.8 Å². The molecule has 31 heavy (non-hydrogen) atoms. The van der Waals surface area contributed by atoms with E-state index in [0.29, 0.717) is 12.1 Å². The highest BCUT2D eigenvalue weighted by molar-refractivity contribution is 6.06. The highest BCUT2D eigenvalue weighted by atomic mass is 19.4. The van der Waals surface area contributed by atoms with Crippen molar-refractivity contribution in [3.8, 4) is 11.5 Å². The van der Waals surface area contributed by atoms with Crippen molar-refractivity contribution in [2.45, 2.75) is 31.9 Å². The van der Waals surface area contributed by atoms with Crippen molar-refractivity contribution in [2.24, 2.45) is 5.73 Å². The number of alkyl halides is 6. The number of nitrogens with zero attached hydrogens (tertiary/aromatic N) is 1. The van der Waals surface area contributed by atoms with Crippen LogP contribution in [-0.4, -0.2) is 27.9 Å². The monoisotopic (exact) mass is 451 g/mol. The van der Waals surface area contributed by atoms with E-state index < -0.39 is 70.7 Å². The van der Waals surface area contributed by atoms with Crippen LogP contribution in [0.1, 0.15) is 34.1 Å². The molecule has 0 aliphatic heterocycles. The highest BCUT2D eigenvalue weighted by Crippen LogP contribution is 2.37. The van der Waals surface area contributed by atoms with Gasteiger partial charge in [0.05, 0.1) is 17.2 Å².